The molecule has 1 saturated carbocycles. The zero-order valence-electron chi connectivity index (χ0n) is 12.6. The molecule has 1 aromatic heterocycles. The largest absolute Gasteiger partial charge is 0.497 e. The Morgan fingerprint density at radius 3 is 3.00 bits per heavy atom. The fraction of sp³-hybridized carbons (Fsp3) is 0.412. The number of nitrogens with one attached hydrogen (secondary N) is 1. The van der Waals surface area contributed by atoms with Crippen molar-refractivity contribution in [2.24, 2.45) is 5.92 Å². The number of rotatable bonds is 7. The first kappa shape index (κ1) is 14.6. The Morgan fingerprint density at radius 1 is 1.45 bits per heavy atom. The Balaban J connectivity index is 1.61. The Bertz CT molecular complexity index is 621. The van der Waals surface area contributed by atoms with Crippen molar-refractivity contribution < 1.29 is 14.1 Å². The predicted molar refractivity (Wildman–Crippen MR) is 81.6 cm³/mol. The number of ether oxygens (including phenoxy) is 1. The van der Waals surface area contributed by atoms with Gasteiger partial charge in [0.25, 0.3) is 0 Å². The highest BCUT2D eigenvalue weighted by molar-refractivity contribution is 5.78. The van der Waals surface area contributed by atoms with Crippen LogP contribution >= 0.6 is 0 Å². The van der Waals surface area contributed by atoms with Gasteiger partial charge in [-0.05, 0) is 42.9 Å². The molecular weight excluding hydrogens is 280 g/mol. The van der Waals surface area contributed by atoms with E-state index in [-0.39, 0.29) is 18.4 Å². The lowest BCUT2D eigenvalue weighted by Gasteiger charge is -2.18. The SMILES string of the molecule is COc1cccc(C[C@@H](NC(=O)Cc2ccon2)C2CC2)c1. The number of hydrogen-bond donors (Lipinski definition) is 1. The highest BCUT2D eigenvalue weighted by Crippen LogP contribution is 2.34. The molecule has 1 fully saturated rings. The second-order valence-electron chi connectivity index (χ2n) is 5.73. The Hall–Kier alpha value is -2.30. The molecule has 0 spiro atoms. The molecule has 3 rings (SSSR count). The molecule has 1 aromatic carbocycles. The van der Waals surface area contributed by atoms with Gasteiger partial charge in [0.05, 0.1) is 19.2 Å². The van der Waals surface area contributed by atoms with Gasteiger partial charge in [-0.15, -0.1) is 0 Å². The predicted octanol–water partition coefficient (Wildman–Crippen LogP) is 2.36. The fourth-order valence-electron chi connectivity index (χ4n) is 2.64. The molecule has 5 nitrogen and oxygen atoms in total. The van der Waals surface area contributed by atoms with Crippen LogP contribution in [0.2, 0.25) is 0 Å². The summed E-state index contributed by atoms with van der Waals surface area (Å²) in [6.07, 6.45) is 4.93. The van der Waals surface area contributed by atoms with E-state index in [1.54, 1.807) is 13.2 Å². The van der Waals surface area contributed by atoms with Crippen LogP contribution in [0.15, 0.2) is 41.1 Å². The summed E-state index contributed by atoms with van der Waals surface area (Å²) in [5, 5.41) is 6.92. The molecule has 1 aliphatic carbocycles. The van der Waals surface area contributed by atoms with Crippen LogP contribution < -0.4 is 10.1 Å². The van der Waals surface area contributed by atoms with Gasteiger partial charge in [0.15, 0.2) is 0 Å². The maximum absolute atomic E-state index is 12.1. The van der Waals surface area contributed by atoms with Crippen molar-refractivity contribution in [1.29, 1.82) is 0 Å². The molecule has 0 bridgehead atoms. The van der Waals surface area contributed by atoms with Crippen molar-refractivity contribution in [1.82, 2.24) is 10.5 Å². The van der Waals surface area contributed by atoms with Gasteiger partial charge in [-0.2, -0.15) is 0 Å². The summed E-state index contributed by atoms with van der Waals surface area (Å²) < 4.78 is 10.0. The third kappa shape index (κ3) is 3.87. The lowest BCUT2D eigenvalue weighted by atomic mass is 10.0. The van der Waals surface area contributed by atoms with Crippen LogP contribution in [0.5, 0.6) is 5.75 Å². The van der Waals surface area contributed by atoms with Crippen molar-refractivity contribution >= 4 is 5.91 Å². The van der Waals surface area contributed by atoms with E-state index >= 15 is 0 Å². The third-order valence-electron chi connectivity index (χ3n) is 3.96. The minimum absolute atomic E-state index is 0.00584. The van der Waals surface area contributed by atoms with Gasteiger partial charge < -0.3 is 14.6 Å². The van der Waals surface area contributed by atoms with E-state index in [2.05, 4.69) is 16.5 Å². The van der Waals surface area contributed by atoms with Crippen LogP contribution in [-0.2, 0) is 17.6 Å². The Labute approximate surface area is 129 Å². The van der Waals surface area contributed by atoms with Crippen LogP contribution in [0.3, 0.4) is 0 Å². The van der Waals surface area contributed by atoms with Crippen molar-refractivity contribution in [2.75, 3.05) is 7.11 Å². The van der Waals surface area contributed by atoms with Crippen molar-refractivity contribution in [3.63, 3.8) is 0 Å². The minimum Gasteiger partial charge on any atom is -0.497 e. The van der Waals surface area contributed by atoms with Crippen LogP contribution in [0, 0.1) is 5.92 Å². The van der Waals surface area contributed by atoms with E-state index in [0.29, 0.717) is 11.6 Å². The van der Waals surface area contributed by atoms with Gasteiger partial charge >= 0.3 is 0 Å². The molecule has 1 N–H and O–H groups in total. The first-order valence-electron chi connectivity index (χ1n) is 7.56. The maximum Gasteiger partial charge on any atom is 0.226 e. The van der Waals surface area contributed by atoms with Crippen molar-refractivity contribution in [2.45, 2.75) is 31.7 Å². The van der Waals surface area contributed by atoms with Gasteiger partial charge in [-0.1, -0.05) is 17.3 Å². The van der Waals surface area contributed by atoms with E-state index < -0.39 is 0 Å². The Morgan fingerprint density at radius 2 is 2.32 bits per heavy atom. The quantitative estimate of drug-likeness (QED) is 0.852. The molecular formula is C17H20N2O3. The normalized spacial score (nSPS) is 15.3. The van der Waals surface area contributed by atoms with Gasteiger partial charge in [-0.3, -0.25) is 4.79 Å². The number of methoxy groups -OCH3 is 1. The standard InChI is InChI=1S/C17H20N2O3/c1-21-15-4-2-3-12(9-15)10-16(13-5-6-13)18-17(20)11-14-7-8-22-19-14/h2-4,7-9,13,16H,5-6,10-11H2,1H3,(H,18,20)/t16-/m1/s1. The fourth-order valence-corrected chi connectivity index (χ4v) is 2.64. The molecule has 5 heteroatoms. The molecule has 22 heavy (non-hydrogen) atoms. The average Bonchev–Trinajstić information content (AvgIpc) is 3.25. The molecule has 0 unspecified atom stereocenters. The number of nitrogens with zero attached hydrogens (tertiary/aromatic N) is 1. The zero-order chi connectivity index (χ0) is 15.4. The van der Waals surface area contributed by atoms with E-state index in [1.165, 1.54) is 24.7 Å². The van der Waals surface area contributed by atoms with Gasteiger partial charge in [0.2, 0.25) is 5.91 Å². The highest BCUT2D eigenvalue weighted by atomic mass is 16.5. The summed E-state index contributed by atoms with van der Waals surface area (Å²) in [6, 6.07) is 9.90. The molecule has 1 atom stereocenters. The van der Waals surface area contributed by atoms with Crippen LogP contribution in [0.1, 0.15) is 24.1 Å². The number of hydrogen-bond acceptors (Lipinski definition) is 4. The molecule has 2 aromatic rings. The van der Waals surface area contributed by atoms with E-state index in [0.717, 1.165) is 12.2 Å². The van der Waals surface area contributed by atoms with Crippen molar-refractivity contribution in [3.05, 3.63) is 47.9 Å². The molecule has 0 saturated heterocycles. The first-order chi connectivity index (χ1) is 10.7. The second-order valence-corrected chi connectivity index (χ2v) is 5.73. The zero-order valence-corrected chi connectivity index (χ0v) is 12.6. The number of amides is 1. The molecule has 1 heterocycles. The van der Waals surface area contributed by atoms with Crippen LogP contribution in [-0.4, -0.2) is 24.2 Å². The van der Waals surface area contributed by atoms with Crippen molar-refractivity contribution in [3.8, 4) is 5.75 Å². The number of benzene rings is 1. The van der Waals surface area contributed by atoms with E-state index in [9.17, 15) is 4.79 Å². The monoisotopic (exact) mass is 300 g/mol. The summed E-state index contributed by atoms with van der Waals surface area (Å²) in [6.45, 7) is 0. The maximum atomic E-state index is 12.1. The summed E-state index contributed by atoms with van der Waals surface area (Å²) in [5.74, 6) is 1.42. The number of carbonyl (C=O) groups is 1. The second kappa shape index (κ2) is 6.64. The number of carbonyl (C=O) groups excluding carboxylic acids is 1. The van der Waals surface area contributed by atoms with Gasteiger partial charge in [0, 0.05) is 12.1 Å². The molecule has 0 radical (unpaired) electrons. The van der Waals surface area contributed by atoms with Gasteiger partial charge in [-0.25, -0.2) is 0 Å². The smallest absolute Gasteiger partial charge is 0.226 e. The minimum atomic E-state index is -0.00584. The van der Waals surface area contributed by atoms with Gasteiger partial charge in [0.1, 0.15) is 12.0 Å². The van der Waals surface area contributed by atoms with Crippen LogP contribution in [0.25, 0.3) is 0 Å². The summed E-state index contributed by atoms with van der Waals surface area (Å²) in [5.41, 5.74) is 1.84. The summed E-state index contributed by atoms with van der Waals surface area (Å²) in [7, 11) is 1.66. The molecule has 0 aliphatic heterocycles. The van der Waals surface area contributed by atoms with E-state index in [4.69, 9.17) is 9.26 Å². The average molecular weight is 300 g/mol. The lowest BCUT2D eigenvalue weighted by Crippen LogP contribution is -2.39. The topological polar surface area (TPSA) is 64.4 Å². The molecule has 116 valence electrons. The van der Waals surface area contributed by atoms with Crippen LogP contribution in [0.4, 0.5) is 0 Å². The third-order valence-corrected chi connectivity index (χ3v) is 3.96. The Kier molecular flexibility index (Phi) is 4.42. The summed E-state index contributed by atoms with van der Waals surface area (Å²) >= 11 is 0. The molecule has 1 amide bonds. The number of aromatic nitrogens is 1. The first-order valence-corrected chi connectivity index (χ1v) is 7.56. The summed E-state index contributed by atoms with van der Waals surface area (Å²) in [4.78, 5) is 12.1. The lowest BCUT2D eigenvalue weighted by molar-refractivity contribution is -0.121. The molecule has 1 aliphatic rings. The highest BCUT2D eigenvalue weighted by Gasteiger charge is 2.32. The van der Waals surface area contributed by atoms with E-state index in [1.807, 2.05) is 18.2 Å².